The maximum absolute atomic E-state index is 12.5. The van der Waals surface area contributed by atoms with Crippen molar-refractivity contribution in [3.05, 3.63) is 24.0 Å². The molecule has 0 aromatic carbocycles. The topological polar surface area (TPSA) is 65.6 Å². The molecule has 1 unspecified atom stereocenters. The molecule has 6 nitrogen and oxygen atoms in total. The Morgan fingerprint density at radius 1 is 1.32 bits per heavy atom. The van der Waals surface area contributed by atoms with Crippen LogP contribution in [0.15, 0.2) is 18.5 Å². The number of H-pyrrole nitrogens is 1. The first-order valence-electron chi connectivity index (χ1n) is 9.47. The molecule has 25 heavy (non-hydrogen) atoms. The van der Waals surface area contributed by atoms with Gasteiger partial charge >= 0.3 is 0 Å². The number of rotatable bonds is 3. The van der Waals surface area contributed by atoms with Crippen LogP contribution in [0.3, 0.4) is 0 Å². The van der Waals surface area contributed by atoms with Crippen molar-refractivity contribution in [2.45, 2.75) is 44.6 Å². The summed E-state index contributed by atoms with van der Waals surface area (Å²) in [5, 5.41) is 0. The van der Waals surface area contributed by atoms with Gasteiger partial charge in [0.1, 0.15) is 0 Å². The van der Waals surface area contributed by atoms with E-state index in [0.29, 0.717) is 6.42 Å². The summed E-state index contributed by atoms with van der Waals surface area (Å²) in [5.41, 5.74) is 0.913. The third-order valence-electron chi connectivity index (χ3n) is 6.15. The van der Waals surface area contributed by atoms with Crippen LogP contribution in [0.1, 0.15) is 48.9 Å². The van der Waals surface area contributed by atoms with Crippen molar-refractivity contribution >= 4 is 11.8 Å². The lowest BCUT2D eigenvalue weighted by Crippen LogP contribution is -2.53. The third-order valence-corrected chi connectivity index (χ3v) is 6.15. The van der Waals surface area contributed by atoms with E-state index in [2.05, 4.69) is 4.98 Å². The molecule has 0 aliphatic carbocycles. The van der Waals surface area contributed by atoms with E-state index >= 15 is 0 Å². The molecule has 1 atom stereocenters. The maximum atomic E-state index is 12.5. The molecule has 1 aromatic rings. The maximum Gasteiger partial charge on any atom is 0.255 e. The summed E-state index contributed by atoms with van der Waals surface area (Å²) < 4.78 is 5.72. The predicted octanol–water partition coefficient (Wildman–Crippen LogP) is 2.04. The molecule has 1 spiro atoms. The van der Waals surface area contributed by atoms with Crippen LogP contribution in [0.5, 0.6) is 0 Å². The monoisotopic (exact) mass is 345 g/mol. The van der Waals surface area contributed by atoms with Crippen molar-refractivity contribution in [1.82, 2.24) is 14.8 Å². The number of likely N-dealkylation sites (tertiary alicyclic amines) is 2. The first kappa shape index (κ1) is 16.6. The number of aromatic nitrogens is 1. The zero-order valence-electron chi connectivity index (χ0n) is 14.7. The number of hydrogen-bond acceptors (Lipinski definition) is 3. The van der Waals surface area contributed by atoms with Crippen molar-refractivity contribution in [3.63, 3.8) is 0 Å². The van der Waals surface area contributed by atoms with Gasteiger partial charge in [0.15, 0.2) is 0 Å². The van der Waals surface area contributed by atoms with Crippen molar-refractivity contribution in [2.75, 3.05) is 32.8 Å². The highest BCUT2D eigenvalue weighted by atomic mass is 16.5. The second kappa shape index (κ2) is 6.83. The van der Waals surface area contributed by atoms with E-state index in [4.69, 9.17) is 4.74 Å². The highest BCUT2D eigenvalue weighted by Crippen LogP contribution is 2.40. The summed E-state index contributed by atoms with van der Waals surface area (Å²) in [4.78, 5) is 31.8. The molecule has 1 N–H and O–H groups in total. The molecular weight excluding hydrogens is 318 g/mol. The number of ether oxygens (including phenoxy) is 1. The summed E-state index contributed by atoms with van der Waals surface area (Å²) in [7, 11) is 0. The fourth-order valence-corrected chi connectivity index (χ4v) is 4.53. The summed E-state index contributed by atoms with van der Waals surface area (Å²) in [6.45, 7) is 3.97. The molecule has 0 bridgehead atoms. The Hall–Kier alpha value is -1.82. The van der Waals surface area contributed by atoms with Gasteiger partial charge in [-0.05, 0) is 43.6 Å². The number of amides is 2. The highest BCUT2D eigenvalue weighted by Gasteiger charge is 2.42. The lowest BCUT2D eigenvalue weighted by molar-refractivity contribution is -0.141. The van der Waals surface area contributed by atoms with Gasteiger partial charge in [-0.15, -0.1) is 0 Å². The SMILES string of the molecule is O=C1CCC2(CCN(C(=O)c3cc[nH]c3)CC2)CN1CC1CCCO1. The number of carbonyl (C=O) groups is 2. The lowest BCUT2D eigenvalue weighted by Gasteiger charge is -2.47. The van der Waals surface area contributed by atoms with Gasteiger partial charge in [0, 0.05) is 51.6 Å². The molecule has 3 saturated heterocycles. The summed E-state index contributed by atoms with van der Waals surface area (Å²) in [6, 6.07) is 1.83. The Labute approximate surface area is 148 Å². The zero-order chi connectivity index (χ0) is 17.3. The second-order valence-electron chi connectivity index (χ2n) is 7.80. The van der Waals surface area contributed by atoms with E-state index in [1.54, 1.807) is 12.4 Å². The fourth-order valence-electron chi connectivity index (χ4n) is 4.53. The Morgan fingerprint density at radius 3 is 2.84 bits per heavy atom. The Bertz CT molecular complexity index is 614. The average molecular weight is 345 g/mol. The molecule has 6 heteroatoms. The number of nitrogens with one attached hydrogen (secondary N) is 1. The largest absolute Gasteiger partial charge is 0.376 e. The van der Waals surface area contributed by atoms with Crippen LogP contribution in [0, 0.1) is 5.41 Å². The molecule has 3 fully saturated rings. The standard InChI is InChI=1S/C19H27N3O3/c23-17-3-5-19(14-22(17)13-16-2-1-11-25-16)6-9-21(10-7-19)18(24)15-4-8-20-12-15/h4,8,12,16,20H,1-3,5-7,9-11,13-14H2. The van der Waals surface area contributed by atoms with E-state index in [0.717, 1.165) is 70.5 Å². The number of aromatic amines is 1. The van der Waals surface area contributed by atoms with Crippen molar-refractivity contribution in [1.29, 1.82) is 0 Å². The number of carbonyl (C=O) groups excluding carboxylic acids is 2. The summed E-state index contributed by atoms with van der Waals surface area (Å²) >= 11 is 0. The van der Waals surface area contributed by atoms with E-state index < -0.39 is 0 Å². The quantitative estimate of drug-likeness (QED) is 0.912. The molecule has 4 rings (SSSR count). The van der Waals surface area contributed by atoms with Gasteiger partial charge in [-0.2, -0.15) is 0 Å². The van der Waals surface area contributed by atoms with E-state index in [9.17, 15) is 9.59 Å². The van der Waals surface area contributed by atoms with Crippen LogP contribution in [0.4, 0.5) is 0 Å². The van der Waals surface area contributed by atoms with Crippen LogP contribution in [0.25, 0.3) is 0 Å². The van der Waals surface area contributed by atoms with E-state index in [-0.39, 0.29) is 23.3 Å². The van der Waals surface area contributed by atoms with Crippen LogP contribution in [0.2, 0.25) is 0 Å². The van der Waals surface area contributed by atoms with Crippen LogP contribution >= 0.6 is 0 Å². The van der Waals surface area contributed by atoms with Gasteiger partial charge in [-0.3, -0.25) is 9.59 Å². The smallest absolute Gasteiger partial charge is 0.255 e. The summed E-state index contributed by atoms with van der Waals surface area (Å²) in [6.07, 6.45) is 9.50. The van der Waals surface area contributed by atoms with E-state index in [1.807, 2.05) is 15.9 Å². The first-order valence-corrected chi connectivity index (χ1v) is 9.47. The normalized spacial score (nSPS) is 26.4. The number of hydrogen-bond donors (Lipinski definition) is 1. The minimum Gasteiger partial charge on any atom is -0.376 e. The molecule has 4 heterocycles. The molecular formula is C19H27N3O3. The van der Waals surface area contributed by atoms with Crippen molar-refractivity contribution in [2.24, 2.45) is 5.41 Å². The Morgan fingerprint density at radius 2 is 2.16 bits per heavy atom. The van der Waals surface area contributed by atoms with Gasteiger partial charge < -0.3 is 19.5 Å². The second-order valence-corrected chi connectivity index (χ2v) is 7.80. The number of piperidine rings is 2. The minimum atomic E-state index is 0.110. The molecule has 136 valence electrons. The fraction of sp³-hybridized carbons (Fsp3) is 0.684. The highest BCUT2D eigenvalue weighted by molar-refractivity contribution is 5.94. The third kappa shape index (κ3) is 3.45. The van der Waals surface area contributed by atoms with Gasteiger partial charge in [0.25, 0.3) is 5.91 Å². The molecule has 0 radical (unpaired) electrons. The first-order chi connectivity index (χ1) is 12.2. The zero-order valence-corrected chi connectivity index (χ0v) is 14.7. The number of nitrogens with zero attached hydrogens (tertiary/aromatic N) is 2. The minimum absolute atomic E-state index is 0.110. The Kier molecular flexibility index (Phi) is 4.54. The lowest BCUT2D eigenvalue weighted by atomic mass is 9.72. The van der Waals surface area contributed by atoms with Gasteiger partial charge in [0.05, 0.1) is 11.7 Å². The predicted molar refractivity (Wildman–Crippen MR) is 93.2 cm³/mol. The van der Waals surface area contributed by atoms with Crippen LogP contribution < -0.4 is 0 Å². The van der Waals surface area contributed by atoms with Gasteiger partial charge in [-0.1, -0.05) is 0 Å². The van der Waals surface area contributed by atoms with Crippen molar-refractivity contribution in [3.8, 4) is 0 Å². The molecule has 2 amide bonds. The molecule has 0 saturated carbocycles. The van der Waals surface area contributed by atoms with Crippen LogP contribution in [-0.2, 0) is 9.53 Å². The van der Waals surface area contributed by atoms with Crippen LogP contribution in [-0.4, -0.2) is 65.5 Å². The van der Waals surface area contributed by atoms with Gasteiger partial charge in [-0.25, -0.2) is 0 Å². The molecule has 3 aliphatic heterocycles. The molecule has 1 aromatic heterocycles. The van der Waals surface area contributed by atoms with Crippen molar-refractivity contribution < 1.29 is 14.3 Å². The van der Waals surface area contributed by atoms with E-state index in [1.165, 1.54) is 0 Å². The summed E-state index contributed by atoms with van der Waals surface area (Å²) in [5.74, 6) is 0.381. The Balaban J connectivity index is 1.36. The van der Waals surface area contributed by atoms with Gasteiger partial charge in [0.2, 0.25) is 5.91 Å². The molecule has 3 aliphatic rings. The average Bonchev–Trinajstić information content (AvgIpc) is 3.32.